The molecule has 110 valence electrons. The summed E-state index contributed by atoms with van der Waals surface area (Å²) in [6.45, 7) is 1.70. The third kappa shape index (κ3) is 4.74. The second-order valence-electron chi connectivity index (χ2n) is 3.75. The van der Waals surface area contributed by atoms with Crippen molar-refractivity contribution in [3.05, 3.63) is 41.2 Å². The van der Waals surface area contributed by atoms with Gasteiger partial charge in [-0.15, -0.1) is 0 Å². The van der Waals surface area contributed by atoms with Crippen LogP contribution in [0.25, 0.3) is 0 Å². The third-order valence-corrected chi connectivity index (χ3v) is 2.17. The van der Waals surface area contributed by atoms with E-state index in [0.717, 1.165) is 0 Å². The highest BCUT2D eigenvalue weighted by Crippen LogP contribution is 2.07. The van der Waals surface area contributed by atoms with Gasteiger partial charge in [0.1, 0.15) is 5.82 Å². The fourth-order valence-electron chi connectivity index (χ4n) is 1.38. The average molecular weight is 291 g/mol. The van der Waals surface area contributed by atoms with Crippen molar-refractivity contribution in [2.24, 2.45) is 0 Å². The van der Waals surface area contributed by atoms with Crippen LogP contribution in [-0.2, 0) is 0 Å². The number of nitrogens with zero attached hydrogens (tertiary/aromatic N) is 3. The molecule has 9 nitrogen and oxygen atoms in total. The lowest BCUT2D eigenvalue weighted by atomic mass is 10.1. The zero-order chi connectivity index (χ0) is 16.0. The van der Waals surface area contributed by atoms with Crippen LogP contribution in [0.2, 0.25) is 0 Å². The summed E-state index contributed by atoms with van der Waals surface area (Å²) in [5.74, 6) is -1.58. The first-order valence-electron chi connectivity index (χ1n) is 5.60. The summed E-state index contributed by atoms with van der Waals surface area (Å²) in [5, 5.41) is 17.1. The lowest BCUT2D eigenvalue weighted by Crippen LogP contribution is -2.06. The Labute approximate surface area is 119 Å². The molecular weight excluding hydrogens is 278 g/mol. The molecule has 0 amide bonds. The number of hydrogen-bond acceptors (Lipinski definition) is 7. The molecule has 0 spiro atoms. The molecule has 6 N–H and O–H groups in total. The highest BCUT2D eigenvalue weighted by Gasteiger charge is 2.13. The Morgan fingerprint density at radius 1 is 0.905 bits per heavy atom. The number of anilines is 2. The number of aryl methyl sites for hydroxylation is 1. The predicted octanol–water partition coefficient (Wildman–Crippen LogP) is 0.427. The monoisotopic (exact) mass is 291 g/mol. The van der Waals surface area contributed by atoms with Crippen molar-refractivity contribution in [2.75, 3.05) is 11.5 Å². The number of rotatable bonds is 2. The van der Waals surface area contributed by atoms with E-state index in [9.17, 15) is 9.59 Å². The van der Waals surface area contributed by atoms with E-state index < -0.39 is 11.9 Å². The molecule has 1 heterocycles. The quantitative estimate of drug-likeness (QED) is 0.613. The van der Waals surface area contributed by atoms with Crippen molar-refractivity contribution >= 4 is 23.8 Å². The number of carboxylic acids is 2. The van der Waals surface area contributed by atoms with Crippen molar-refractivity contribution < 1.29 is 19.8 Å². The molecule has 0 saturated heterocycles. The SMILES string of the molecule is Cc1nc(N)nc(N)n1.O=C(O)c1ccccc1C(=O)O. The molecule has 1 aromatic carbocycles. The van der Waals surface area contributed by atoms with Crippen molar-refractivity contribution in [3.8, 4) is 0 Å². The van der Waals surface area contributed by atoms with Crippen LogP contribution in [0.5, 0.6) is 0 Å². The van der Waals surface area contributed by atoms with Gasteiger partial charge in [0.25, 0.3) is 0 Å². The Balaban J connectivity index is 0.000000219. The average Bonchev–Trinajstić information content (AvgIpc) is 2.37. The van der Waals surface area contributed by atoms with Gasteiger partial charge in [0.2, 0.25) is 11.9 Å². The molecule has 21 heavy (non-hydrogen) atoms. The van der Waals surface area contributed by atoms with Crippen LogP contribution >= 0.6 is 0 Å². The van der Waals surface area contributed by atoms with Crippen molar-refractivity contribution in [1.29, 1.82) is 0 Å². The normalized spacial score (nSPS) is 9.38. The maximum atomic E-state index is 10.5. The van der Waals surface area contributed by atoms with E-state index >= 15 is 0 Å². The lowest BCUT2D eigenvalue weighted by Gasteiger charge is -1.98. The first-order valence-corrected chi connectivity index (χ1v) is 5.60. The van der Waals surface area contributed by atoms with E-state index in [-0.39, 0.29) is 23.0 Å². The largest absolute Gasteiger partial charge is 0.478 e. The van der Waals surface area contributed by atoms with Crippen LogP contribution in [0.15, 0.2) is 24.3 Å². The van der Waals surface area contributed by atoms with Crippen LogP contribution in [0, 0.1) is 6.92 Å². The van der Waals surface area contributed by atoms with E-state index in [1.54, 1.807) is 6.92 Å². The third-order valence-electron chi connectivity index (χ3n) is 2.17. The zero-order valence-corrected chi connectivity index (χ0v) is 11.0. The van der Waals surface area contributed by atoms with Gasteiger partial charge in [0.15, 0.2) is 0 Å². The van der Waals surface area contributed by atoms with Gasteiger partial charge >= 0.3 is 11.9 Å². The number of aromatic carboxylic acids is 2. The minimum atomic E-state index is -1.23. The van der Waals surface area contributed by atoms with E-state index in [1.165, 1.54) is 24.3 Å². The van der Waals surface area contributed by atoms with E-state index in [4.69, 9.17) is 21.7 Å². The molecule has 0 aliphatic heterocycles. The minimum absolute atomic E-state index is 0.167. The Hall–Kier alpha value is -3.23. The number of aromatic nitrogens is 3. The van der Waals surface area contributed by atoms with Gasteiger partial charge in [0.05, 0.1) is 11.1 Å². The van der Waals surface area contributed by atoms with Crippen molar-refractivity contribution in [3.63, 3.8) is 0 Å². The summed E-state index contributed by atoms with van der Waals surface area (Å²) in [4.78, 5) is 31.9. The van der Waals surface area contributed by atoms with Crippen LogP contribution in [-0.4, -0.2) is 37.1 Å². The maximum absolute atomic E-state index is 10.5. The molecule has 0 saturated carbocycles. The molecule has 0 unspecified atom stereocenters. The molecule has 0 atom stereocenters. The number of carbonyl (C=O) groups is 2. The van der Waals surface area contributed by atoms with Gasteiger partial charge in [-0.1, -0.05) is 12.1 Å². The fourth-order valence-corrected chi connectivity index (χ4v) is 1.38. The number of nitrogens with two attached hydrogens (primary N) is 2. The number of carboxylic acid groups (broad SMARTS) is 2. The second-order valence-corrected chi connectivity index (χ2v) is 3.75. The Morgan fingerprint density at radius 3 is 1.57 bits per heavy atom. The lowest BCUT2D eigenvalue weighted by molar-refractivity contribution is 0.0651. The molecule has 0 fully saturated rings. The summed E-state index contributed by atoms with van der Waals surface area (Å²) in [5.41, 5.74) is 10.1. The summed E-state index contributed by atoms with van der Waals surface area (Å²) in [6.07, 6.45) is 0. The first kappa shape index (κ1) is 15.8. The predicted molar refractivity (Wildman–Crippen MR) is 73.7 cm³/mol. The van der Waals surface area contributed by atoms with Gasteiger partial charge in [-0.2, -0.15) is 15.0 Å². The zero-order valence-electron chi connectivity index (χ0n) is 11.0. The number of benzene rings is 1. The van der Waals surface area contributed by atoms with Gasteiger partial charge in [-0.3, -0.25) is 0 Å². The molecule has 0 aliphatic rings. The second kappa shape index (κ2) is 6.80. The van der Waals surface area contributed by atoms with Gasteiger partial charge in [0, 0.05) is 0 Å². The standard InChI is InChI=1S/C8H6O4.C4H7N5/c9-7(10)5-3-1-2-4-6(5)8(11)12;1-2-7-3(5)9-4(6)8-2/h1-4H,(H,9,10)(H,11,12);1H3,(H4,5,6,7,8,9). The smallest absolute Gasteiger partial charge is 0.336 e. The molecule has 0 radical (unpaired) electrons. The van der Waals surface area contributed by atoms with Gasteiger partial charge in [-0.05, 0) is 19.1 Å². The van der Waals surface area contributed by atoms with E-state index in [0.29, 0.717) is 5.82 Å². The van der Waals surface area contributed by atoms with Crippen LogP contribution < -0.4 is 11.5 Å². The first-order chi connectivity index (χ1) is 9.81. The molecule has 0 bridgehead atoms. The fraction of sp³-hybridized carbons (Fsp3) is 0.0833. The van der Waals surface area contributed by atoms with E-state index in [1.807, 2.05) is 0 Å². The number of hydrogen-bond donors (Lipinski definition) is 4. The summed E-state index contributed by atoms with van der Waals surface area (Å²) >= 11 is 0. The highest BCUT2D eigenvalue weighted by atomic mass is 16.4. The molecule has 1 aromatic heterocycles. The molecule has 2 aromatic rings. The molecular formula is C12H13N5O4. The maximum Gasteiger partial charge on any atom is 0.336 e. The summed E-state index contributed by atoms with van der Waals surface area (Å²) < 4.78 is 0. The van der Waals surface area contributed by atoms with Gasteiger partial charge < -0.3 is 21.7 Å². The molecule has 0 aliphatic carbocycles. The molecule has 9 heteroatoms. The van der Waals surface area contributed by atoms with Crippen LogP contribution in [0.4, 0.5) is 11.9 Å². The van der Waals surface area contributed by atoms with Gasteiger partial charge in [-0.25, -0.2) is 9.59 Å². The highest BCUT2D eigenvalue weighted by molar-refractivity contribution is 6.01. The Bertz CT molecular complexity index is 591. The van der Waals surface area contributed by atoms with Crippen LogP contribution in [0.1, 0.15) is 26.5 Å². The van der Waals surface area contributed by atoms with E-state index in [2.05, 4.69) is 15.0 Å². The van der Waals surface area contributed by atoms with Crippen molar-refractivity contribution in [2.45, 2.75) is 6.92 Å². The molecule has 2 rings (SSSR count). The van der Waals surface area contributed by atoms with Crippen LogP contribution in [0.3, 0.4) is 0 Å². The topological polar surface area (TPSA) is 165 Å². The minimum Gasteiger partial charge on any atom is -0.478 e. The number of nitrogen functional groups attached to an aromatic ring is 2. The van der Waals surface area contributed by atoms with Crippen molar-refractivity contribution in [1.82, 2.24) is 15.0 Å². The summed E-state index contributed by atoms with van der Waals surface area (Å²) in [7, 11) is 0. The Kier molecular flexibility index (Phi) is 5.12. The Morgan fingerprint density at radius 2 is 1.29 bits per heavy atom. The summed E-state index contributed by atoms with van der Waals surface area (Å²) in [6, 6.07) is 5.48.